The molecule has 0 aliphatic heterocycles. The molecule has 0 heterocycles. The molecule has 0 unspecified atom stereocenters. The minimum Gasteiger partial charge on any atom is 0 e. The van der Waals surface area contributed by atoms with E-state index in [9.17, 15) is 0 Å². The van der Waals surface area contributed by atoms with Crippen LogP contribution in [0.15, 0.2) is 0 Å². The summed E-state index contributed by atoms with van der Waals surface area (Å²) in [4.78, 5) is 0. The van der Waals surface area contributed by atoms with Crippen LogP contribution in [0.4, 0.5) is 0 Å². The maximum atomic E-state index is 0. The summed E-state index contributed by atoms with van der Waals surface area (Å²) < 4.78 is 0. The molecule has 0 rings (SSSR count). The van der Waals surface area contributed by atoms with Crippen molar-refractivity contribution >= 4 is 0 Å². The van der Waals surface area contributed by atoms with E-state index in [2.05, 4.69) is 0 Å². The van der Waals surface area contributed by atoms with Crippen LogP contribution in [0.1, 0.15) is 0 Å². The van der Waals surface area contributed by atoms with Crippen molar-refractivity contribution in [3.05, 3.63) is 0 Å². The molecular weight excluding hydrogens is 455 g/mol. The van der Waals surface area contributed by atoms with Crippen LogP contribution in [-0.2, 0) is 86.2 Å². The van der Waals surface area contributed by atoms with E-state index in [1.54, 1.807) is 0 Å². The molecule has 0 saturated heterocycles. The summed E-state index contributed by atoms with van der Waals surface area (Å²) in [6.07, 6.45) is 0. The van der Waals surface area contributed by atoms with E-state index in [-0.39, 0.29) is 86.2 Å². The Kier molecular flexibility index (Phi) is 124. The van der Waals surface area contributed by atoms with Crippen molar-refractivity contribution in [1.82, 2.24) is 0 Å². The smallest absolute Gasteiger partial charge is 0 e. The molecule has 0 spiro atoms. The van der Waals surface area contributed by atoms with E-state index in [0.29, 0.717) is 0 Å². The maximum Gasteiger partial charge on any atom is 0 e. The summed E-state index contributed by atoms with van der Waals surface area (Å²) in [5, 5.41) is 0. The first-order valence-electron chi connectivity index (χ1n) is 0. The van der Waals surface area contributed by atoms with Crippen molar-refractivity contribution in [2.45, 2.75) is 0 Å². The van der Waals surface area contributed by atoms with Gasteiger partial charge in [-0.3, -0.25) is 0 Å². The van der Waals surface area contributed by atoms with Gasteiger partial charge < -0.3 is 0 Å². The van der Waals surface area contributed by atoms with E-state index in [0.717, 1.165) is 0 Å². The Morgan fingerprint density at radius 3 is 1.00 bits per heavy atom. The Morgan fingerprint density at radius 2 is 1.00 bits per heavy atom. The van der Waals surface area contributed by atoms with Gasteiger partial charge in [0.1, 0.15) is 0 Å². The first-order valence-corrected chi connectivity index (χ1v) is 0. The Labute approximate surface area is 84.8 Å². The minimum atomic E-state index is 0. The first kappa shape index (κ1) is 29.1. The molecule has 0 aliphatic rings. The molecule has 0 N–H and O–H groups in total. The fraction of sp³-hybridized carbons (Fsp3) is 0. The summed E-state index contributed by atoms with van der Waals surface area (Å²) in [7, 11) is 0. The molecule has 4 heteroatoms. The van der Waals surface area contributed by atoms with Crippen LogP contribution in [0.25, 0.3) is 0 Å². The quantitative estimate of drug-likeness (QED) is 0.452. The van der Waals surface area contributed by atoms with Crippen LogP contribution in [0.3, 0.4) is 0 Å². The summed E-state index contributed by atoms with van der Waals surface area (Å²) >= 11 is 0. The van der Waals surface area contributed by atoms with Crippen LogP contribution in [0, 0.1) is 0 Å². The maximum absolute atomic E-state index is 0. The van der Waals surface area contributed by atoms with Gasteiger partial charge in [-0.2, -0.15) is 0 Å². The topological polar surface area (TPSA) is 0 Å². The average molecular weight is 455 g/mol. The van der Waals surface area contributed by atoms with Gasteiger partial charge in [0.25, 0.3) is 0 Å². The molecule has 4 heavy (non-hydrogen) atoms. The normalized spacial score (nSPS) is 0. The molecule has 0 bridgehead atoms. The molecule has 0 amide bonds. The van der Waals surface area contributed by atoms with Crippen LogP contribution in [0.5, 0.6) is 0 Å². The van der Waals surface area contributed by atoms with Crippen LogP contribution in [0.2, 0.25) is 0 Å². The van der Waals surface area contributed by atoms with Gasteiger partial charge >= 0.3 is 0 Å². The van der Waals surface area contributed by atoms with Crippen LogP contribution < -0.4 is 0 Å². The second kappa shape index (κ2) is 17.0. The Hall–Kier alpha value is 2.82. The molecule has 0 atom stereocenters. The predicted octanol–water partition coefficient (Wildman–Crippen LogP) is -0.0100. The van der Waals surface area contributed by atoms with E-state index in [4.69, 9.17) is 0 Å². The predicted molar refractivity (Wildman–Crippen MR) is 0 cm³/mol. The van der Waals surface area contributed by atoms with Gasteiger partial charge in [-0.15, -0.1) is 0 Å². The van der Waals surface area contributed by atoms with Crippen molar-refractivity contribution in [2.24, 2.45) is 0 Å². The van der Waals surface area contributed by atoms with E-state index >= 15 is 0 Å². The summed E-state index contributed by atoms with van der Waals surface area (Å²) in [5.74, 6) is 0. The van der Waals surface area contributed by atoms with E-state index in [1.165, 1.54) is 0 Å². The van der Waals surface area contributed by atoms with Gasteiger partial charge in [0.2, 0.25) is 0 Å². The largest absolute Gasteiger partial charge is 0 e. The van der Waals surface area contributed by atoms with Gasteiger partial charge in [-0.05, 0) is 0 Å². The molecule has 1 radical (unpaired) electrons. The zero-order valence-corrected chi connectivity index (χ0v) is 11.2. The van der Waals surface area contributed by atoms with E-state index < -0.39 is 0 Å². The Bertz CT molecular complexity index is 8.00. The third-order valence-electron chi connectivity index (χ3n) is 0. The summed E-state index contributed by atoms with van der Waals surface area (Å²) in [6.45, 7) is 0. The van der Waals surface area contributed by atoms with Gasteiger partial charge in [0.15, 0.2) is 0 Å². The number of hydrogen-bond acceptors (Lipinski definition) is 0. The molecule has 0 nitrogen and oxygen atoms in total. The molecular formula is PtRhZnZr. The zero-order valence-electron chi connectivity index (χ0n) is 1.86. The number of hydrogen-bond donors (Lipinski definition) is 0. The minimum absolute atomic E-state index is 0. The fourth-order valence-electron chi connectivity index (χ4n) is 0. The van der Waals surface area contributed by atoms with Gasteiger partial charge in [-0.1, -0.05) is 0 Å². The average Bonchev–Trinajstić information content (AvgIpc) is 0. The zero-order chi connectivity index (χ0) is 0. The van der Waals surface area contributed by atoms with E-state index in [1.807, 2.05) is 0 Å². The van der Waals surface area contributed by atoms with Crippen molar-refractivity contribution in [1.29, 1.82) is 0 Å². The third kappa shape index (κ3) is 8.84. The second-order valence-electron chi connectivity index (χ2n) is 0. The first-order chi connectivity index (χ1) is 0. The summed E-state index contributed by atoms with van der Waals surface area (Å²) in [5.41, 5.74) is 0. The molecule has 0 aliphatic carbocycles. The summed E-state index contributed by atoms with van der Waals surface area (Å²) in [6, 6.07) is 0. The molecule has 0 aromatic heterocycles. The van der Waals surface area contributed by atoms with Crippen LogP contribution >= 0.6 is 0 Å². The third-order valence-corrected chi connectivity index (χ3v) is 0. The SMILES string of the molecule is [Pt].[Rh].[Zn].[Zr]. The standard InChI is InChI=1S/Pt.Rh.Zn.Zr. The van der Waals surface area contributed by atoms with Gasteiger partial charge in [-0.25, -0.2) is 0 Å². The van der Waals surface area contributed by atoms with Crippen molar-refractivity contribution in [2.75, 3.05) is 0 Å². The monoisotopic (exact) mass is 452 g/mol. The van der Waals surface area contributed by atoms with Gasteiger partial charge in [0.05, 0.1) is 0 Å². The molecule has 0 fully saturated rings. The number of rotatable bonds is 0. The van der Waals surface area contributed by atoms with Gasteiger partial charge in [0, 0.05) is 86.2 Å². The fourth-order valence-corrected chi connectivity index (χ4v) is 0. The van der Waals surface area contributed by atoms with Crippen molar-refractivity contribution in [3.8, 4) is 0 Å². The van der Waals surface area contributed by atoms with Crippen molar-refractivity contribution < 1.29 is 86.2 Å². The van der Waals surface area contributed by atoms with Crippen LogP contribution in [-0.4, -0.2) is 0 Å². The molecule has 25 valence electrons. The van der Waals surface area contributed by atoms with Crippen molar-refractivity contribution in [3.63, 3.8) is 0 Å². The second-order valence-corrected chi connectivity index (χ2v) is 0. The molecule has 0 aromatic carbocycles. The molecule has 0 aromatic rings. The Morgan fingerprint density at radius 1 is 1.00 bits per heavy atom. The molecule has 0 saturated carbocycles. The Balaban J connectivity index is 0.